The van der Waals surface area contributed by atoms with Gasteiger partial charge >= 0.3 is 0 Å². The first kappa shape index (κ1) is 17.4. The summed E-state index contributed by atoms with van der Waals surface area (Å²) in [5.74, 6) is 0.372. The molecule has 1 aromatic carbocycles. The van der Waals surface area contributed by atoms with Crippen molar-refractivity contribution in [2.45, 2.75) is 44.7 Å². The van der Waals surface area contributed by atoms with E-state index in [1.807, 2.05) is 19.1 Å². The van der Waals surface area contributed by atoms with E-state index in [0.717, 1.165) is 45.6 Å². The second-order valence-corrected chi connectivity index (χ2v) is 7.25. The van der Waals surface area contributed by atoms with Crippen molar-refractivity contribution < 1.29 is 9.18 Å². The number of hydrogen-bond acceptors (Lipinski definition) is 3. The molecule has 24 heavy (non-hydrogen) atoms. The van der Waals surface area contributed by atoms with Crippen molar-refractivity contribution in [2.24, 2.45) is 0 Å². The fourth-order valence-corrected chi connectivity index (χ4v) is 3.33. The molecule has 5 heteroatoms. The first-order valence-electron chi connectivity index (χ1n) is 9.05. The quantitative estimate of drug-likeness (QED) is 0.867. The molecule has 1 aliphatic carbocycles. The van der Waals surface area contributed by atoms with Crippen LogP contribution in [0, 0.1) is 5.82 Å². The summed E-state index contributed by atoms with van der Waals surface area (Å²) in [6.45, 7) is 8.98. The molecule has 0 bridgehead atoms. The molecule has 1 N–H and O–H groups in total. The van der Waals surface area contributed by atoms with E-state index in [2.05, 4.69) is 22.0 Å². The molecule has 0 spiro atoms. The zero-order valence-corrected chi connectivity index (χ0v) is 14.7. The third-order valence-corrected chi connectivity index (χ3v) is 5.23. The lowest BCUT2D eigenvalue weighted by Gasteiger charge is -2.38. The Morgan fingerprint density at radius 3 is 2.38 bits per heavy atom. The SMILES string of the molecule is C[C@H](C(=O)NC1CC1)N1CCN(C[C@H](C)c2ccc(F)cc2)CC1. The lowest BCUT2D eigenvalue weighted by molar-refractivity contribution is -0.126. The lowest BCUT2D eigenvalue weighted by atomic mass is 10.0. The Kier molecular flexibility index (Phi) is 5.51. The molecule has 4 nitrogen and oxygen atoms in total. The van der Waals surface area contributed by atoms with Crippen molar-refractivity contribution in [1.82, 2.24) is 15.1 Å². The Balaban J connectivity index is 1.44. The summed E-state index contributed by atoms with van der Waals surface area (Å²) in [5.41, 5.74) is 1.18. The Morgan fingerprint density at radius 2 is 1.79 bits per heavy atom. The van der Waals surface area contributed by atoms with E-state index in [1.165, 1.54) is 17.7 Å². The first-order valence-corrected chi connectivity index (χ1v) is 9.05. The van der Waals surface area contributed by atoms with Crippen molar-refractivity contribution in [3.8, 4) is 0 Å². The monoisotopic (exact) mass is 333 g/mol. The van der Waals surface area contributed by atoms with Crippen molar-refractivity contribution in [2.75, 3.05) is 32.7 Å². The van der Waals surface area contributed by atoms with Gasteiger partial charge in [-0.3, -0.25) is 9.69 Å². The third kappa shape index (κ3) is 4.54. The Morgan fingerprint density at radius 1 is 1.17 bits per heavy atom. The molecule has 2 atom stereocenters. The molecule has 132 valence electrons. The summed E-state index contributed by atoms with van der Waals surface area (Å²) in [7, 11) is 0. The van der Waals surface area contributed by atoms with Crippen LogP contribution in [0.4, 0.5) is 4.39 Å². The Labute approximate surface area is 144 Å². The van der Waals surface area contributed by atoms with Crippen LogP contribution in [-0.4, -0.2) is 60.5 Å². The topological polar surface area (TPSA) is 35.6 Å². The molecule has 1 amide bonds. The standard InChI is InChI=1S/C19H28FN3O/c1-14(16-3-5-17(20)6-4-16)13-22-9-11-23(12-10-22)15(2)19(24)21-18-7-8-18/h3-6,14-15,18H,7-13H2,1-2H3,(H,21,24)/t14-,15+/m0/s1. The van der Waals surface area contributed by atoms with Gasteiger partial charge in [-0.25, -0.2) is 4.39 Å². The highest BCUT2D eigenvalue weighted by molar-refractivity contribution is 5.81. The molecule has 0 aromatic heterocycles. The van der Waals surface area contributed by atoms with Crippen molar-refractivity contribution >= 4 is 5.91 Å². The van der Waals surface area contributed by atoms with Gasteiger partial charge in [-0.2, -0.15) is 0 Å². The molecule has 1 aliphatic heterocycles. The van der Waals surface area contributed by atoms with Crippen LogP contribution >= 0.6 is 0 Å². The second-order valence-electron chi connectivity index (χ2n) is 7.25. The maximum absolute atomic E-state index is 13.0. The van der Waals surface area contributed by atoms with E-state index in [-0.39, 0.29) is 17.8 Å². The van der Waals surface area contributed by atoms with Gasteiger partial charge in [0.2, 0.25) is 5.91 Å². The molecule has 2 aliphatic rings. The highest BCUT2D eigenvalue weighted by Crippen LogP contribution is 2.20. The molecular weight excluding hydrogens is 305 g/mol. The summed E-state index contributed by atoms with van der Waals surface area (Å²) < 4.78 is 13.0. The zero-order chi connectivity index (χ0) is 17.1. The average molecular weight is 333 g/mol. The normalized spacial score (nSPS) is 22.1. The highest BCUT2D eigenvalue weighted by Gasteiger charge is 2.30. The second kappa shape index (κ2) is 7.62. The number of carbonyl (C=O) groups excluding carboxylic acids is 1. The van der Waals surface area contributed by atoms with E-state index < -0.39 is 0 Å². The lowest BCUT2D eigenvalue weighted by Crippen LogP contribution is -2.54. The number of nitrogens with zero attached hydrogens (tertiary/aromatic N) is 2. The predicted octanol–water partition coefficient (Wildman–Crippen LogP) is 2.21. The number of carbonyl (C=O) groups is 1. The van der Waals surface area contributed by atoms with Crippen LogP contribution in [0.5, 0.6) is 0 Å². The van der Waals surface area contributed by atoms with Crippen LogP contribution in [-0.2, 0) is 4.79 Å². The first-order chi connectivity index (χ1) is 11.5. The molecule has 3 rings (SSSR count). The molecule has 1 aromatic rings. The van der Waals surface area contributed by atoms with Crippen molar-refractivity contribution in [1.29, 1.82) is 0 Å². The van der Waals surface area contributed by atoms with Gasteiger partial charge in [0.15, 0.2) is 0 Å². The van der Waals surface area contributed by atoms with Gasteiger partial charge in [0, 0.05) is 38.8 Å². The summed E-state index contributed by atoms with van der Waals surface area (Å²) in [6.07, 6.45) is 2.26. The molecule has 1 saturated carbocycles. The molecule has 2 fully saturated rings. The van der Waals surface area contributed by atoms with Gasteiger partial charge < -0.3 is 10.2 Å². The fourth-order valence-electron chi connectivity index (χ4n) is 3.33. The summed E-state index contributed by atoms with van der Waals surface area (Å²) in [6, 6.07) is 7.20. The maximum Gasteiger partial charge on any atom is 0.237 e. The van der Waals surface area contributed by atoms with Crippen LogP contribution in [0.2, 0.25) is 0 Å². The molecular formula is C19H28FN3O. The summed E-state index contributed by atoms with van der Waals surface area (Å²) in [4.78, 5) is 16.9. The van der Waals surface area contributed by atoms with Gasteiger partial charge in [0.05, 0.1) is 6.04 Å². The van der Waals surface area contributed by atoms with Gasteiger partial charge in [-0.1, -0.05) is 19.1 Å². The van der Waals surface area contributed by atoms with Crippen LogP contribution in [0.15, 0.2) is 24.3 Å². The number of amides is 1. The molecule has 1 heterocycles. The number of benzene rings is 1. The van der Waals surface area contributed by atoms with Crippen molar-refractivity contribution in [3.63, 3.8) is 0 Å². The number of halogens is 1. The number of hydrogen-bond donors (Lipinski definition) is 1. The van der Waals surface area contributed by atoms with E-state index in [4.69, 9.17) is 0 Å². The molecule has 0 unspecified atom stereocenters. The zero-order valence-electron chi connectivity index (χ0n) is 14.7. The number of rotatable bonds is 6. The van der Waals surface area contributed by atoms with Gasteiger partial charge in [0.25, 0.3) is 0 Å². The smallest absolute Gasteiger partial charge is 0.237 e. The molecule has 1 saturated heterocycles. The van der Waals surface area contributed by atoms with E-state index in [1.54, 1.807) is 0 Å². The third-order valence-electron chi connectivity index (χ3n) is 5.23. The minimum absolute atomic E-state index is 0.0396. The largest absolute Gasteiger partial charge is 0.352 e. The van der Waals surface area contributed by atoms with Crippen LogP contribution in [0.1, 0.15) is 38.2 Å². The Hall–Kier alpha value is -1.46. The van der Waals surface area contributed by atoms with E-state index in [0.29, 0.717) is 12.0 Å². The van der Waals surface area contributed by atoms with Gasteiger partial charge in [-0.05, 0) is 43.4 Å². The highest BCUT2D eigenvalue weighted by atomic mass is 19.1. The van der Waals surface area contributed by atoms with Crippen molar-refractivity contribution in [3.05, 3.63) is 35.6 Å². The summed E-state index contributed by atoms with van der Waals surface area (Å²) >= 11 is 0. The average Bonchev–Trinajstić information content (AvgIpc) is 3.39. The van der Waals surface area contributed by atoms with Crippen LogP contribution in [0.25, 0.3) is 0 Å². The summed E-state index contributed by atoms with van der Waals surface area (Å²) in [5, 5.41) is 3.10. The maximum atomic E-state index is 13.0. The van der Waals surface area contributed by atoms with Crippen LogP contribution in [0.3, 0.4) is 0 Å². The predicted molar refractivity (Wildman–Crippen MR) is 93.5 cm³/mol. The minimum Gasteiger partial charge on any atom is -0.352 e. The number of piperazine rings is 1. The van der Waals surface area contributed by atoms with E-state index in [9.17, 15) is 9.18 Å². The van der Waals surface area contributed by atoms with E-state index >= 15 is 0 Å². The fraction of sp³-hybridized carbons (Fsp3) is 0.632. The Bertz CT molecular complexity index is 550. The molecule has 0 radical (unpaired) electrons. The van der Waals surface area contributed by atoms with Gasteiger partial charge in [-0.15, -0.1) is 0 Å². The minimum atomic E-state index is -0.182. The van der Waals surface area contributed by atoms with Gasteiger partial charge in [0.1, 0.15) is 5.82 Å². The number of nitrogens with one attached hydrogen (secondary N) is 1. The van der Waals surface area contributed by atoms with Crippen LogP contribution < -0.4 is 5.32 Å².